The van der Waals surface area contributed by atoms with Crippen LogP contribution in [0.2, 0.25) is 5.02 Å². The second-order valence-corrected chi connectivity index (χ2v) is 6.55. The van der Waals surface area contributed by atoms with Crippen molar-refractivity contribution < 1.29 is 9.21 Å². The molecule has 0 bridgehead atoms. The normalized spacial score (nSPS) is 10.7. The molecule has 2 heterocycles. The molecule has 118 valence electrons. The Kier molecular flexibility index (Phi) is 5.16. The predicted molar refractivity (Wildman–Crippen MR) is 92.9 cm³/mol. The van der Waals surface area contributed by atoms with Crippen molar-refractivity contribution in [1.82, 2.24) is 4.90 Å². The molecule has 3 rings (SSSR count). The maximum absolute atomic E-state index is 12.9. The minimum Gasteiger partial charge on any atom is -0.467 e. The highest BCUT2D eigenvalue weighted by molar-refractivity contribution is 7.09. The Labute approximate surface area is 144 Å². The van der Waals surface area contributed by atoms with Crippen LogP contribution in [0.4, 0.5) is 0 Å². The van der Waals surface area contributed by atoms with E-state index < -0.39 is 0 Å². The molecule has 2 aromatic heterocycles. The number of carbonyl (C=O) groups excluding carboxylic acids is 1. The van der Waals surface area contributed by atoms with Gasteiger partial charge in [0.05, 0.1) is 23.4 Å². The van der Waals surface area contributed by atoms with E-state index >= 15 is 0 Å². The second kappa shape index (κ2) is 7.49. The lowest BCUT2D eigenvalue weighted by atomic mass is 10.2. The van der Waals surface area contributed by atoms with Crippen LogP contribution in [0.3, 0.4) is 0 Å². The van der Waals surface area contributed by atoms with Gasteiger partial charge in [-0.05, 0) is 42.1 Å². The van der Waals surface area contributed by atoms with E-state index in [4.69, 9.17) is 16.0 Å². The van der Waals surface area contributed by atoms with E-state index in [0.717, 1.165) is 12.2 Å². The van der Waals surface area contributed by atoms with E-state index in [1.165, 1.54) is 4.88 Å². The standard InChI is InChI=1S/C18H16ClNO2S/c19-17-8-2-1-7-16(17)18(21)20(13-14-5-3-11-22-14)10-9-15-6-4-12-23-15/h1-8,11-12H,9-10,13H2. The molecular weight excluding hydrogens is 330 g/mol. The van der Waals surface area contributed by atoms with Gasteiger partial charge in [-0.3, -0.25) is 4.79 Å². The number of amides is 1. The molecule has 0 fully saturated rings. The van der Waals surface area contributed by atoms with Crippen LogP contribution < -0.4 is 0 Å². The molecule has 0 N–H and O–H groups in total. The smallest absolute Gasteiger partial charge is 0.255 e. The molecule has 0 aliphatic rings. The number of halogens is 1. The average molecular weight is 346 g/mol. The van der Waals surface area contributed by atoms with Crippen LogP contribution in [0, 0.1) is 0 Å². The Morgan fingerprint density at radius 1 is 1.13 bits per heavy atom. The summed E-state index contributed by atoms with van der Waals surface area (Å²) in [5, 5.41) is 2.51. The lowest BCUT2D eigenvalue weighted by Gasteiger charge is -2.22. The summed E-state index contributed by atoms with van der Waals surface area (Å²) < 4.78 is 5.39. The van der Waals surface area contributed by atoms with Gasteiger partial charge in [0, 0.05) is 11.4 Å². The molecular formula is C18H16ClNO2S. The summed E-state index contributed by atoms with van der Waals surface area (Å²) in [4.78, 5) is 15.9. The van der Waals surface area contributed by atoms with Crippen LogP contribution >= 0.6 is 22.9 Å². The highest BCUT2D eigenvalue weighted by atomic mass is 35.5. The van der Waals surface area contributed by atoms with Gasteiger partial charge in [-0.15, -0.1) is 11.3 Å². The molecule has 0 aliphatic heterocycles. The minimum absolute atomic E-state index is 0.0800. The topological polar surface area (TPSA) is 33.5 Å². The van der Waals surface area contributed by atoms with Crippen LogP contribution in [0.15, 0.2) is 64.6 Å². The maximum atomic E-state index is 12.9. The molecule has 1 amide bonds. The van der Waals surface area contributed by atoms with Gasteiger partial charge in [-0.1, -0.05) is 29.8 Å². The fourth-order valence-corrected chi connectivity index (χ4v) is 3.26. The zero-order valence-electron chi connectivity index (χ0n) is 12.4. The quantitative estimate of drug-likeness (QED) is 0.638. The number of thiophene rings is 1. The molecule has 3 aromatic rings. The highest BCUT2D eigenvalue weighted by Crippen LogP contribution is 2.19. The van der Waals surface area contributed by atoms with Crippen LogP contribution in [0.1, 0.15) is 21.0 Å². The van der Waals surface area contributed by atoms with E-state index in [9.17, 15) is 4.79 Å². The van der Waals surface area contributed by atoms with E-state index in [-0.39, 0.29) is 5.91 Å². The Balaban J connectivity index is 1.78. The summed E-state index contributed by atoms with van der Waals surface area (Å²) in [7, 11) is 0. The Hall–Kier alpha value is -2.04. The first-order chi connectivity index (χ1) is 11.2. The number of carbonyl (C=O) groups is 1. The van der Waals surface area contributed by atoms with Gasteiger partial charge in [0.25, 0.3) is 5.91 Å². The molecule has 5 heteroatoms. The van der Waals surface area contributed by atoms with Crippen molar-refractivity contribution in [3.05, 3.63) is 81.4 Å². The van der Waals surface area contributed by atoms with Crippen molar-refractivity contribution in [3.8, 4) is 0 Å². The monoisotopic (exact) mass is 345 g/mol. The molecule has 0 aliphatic carbocycles. The maximum Gasteiger partial charge on any atom is 0.255 e. The zero-order valence-corrected chi connectivity index (χ0v) is 14.0. The third-order valence-corrected chi connectivity index (χ3v) is 4.79. The van der Waals surface area contributed by atoms with Crippen LogP contribution in [0.25, 0.3) is 0 Å². The molecule has 3 nitrogen and oxygen atoms in total. The van der Waals surface area contributed by atoms with E-state index in [1.54, 1.807) is 34.6 Å². The second-order valence-electron chi connectivity index (χ2n) is 5.12. The summed E-state index contributed by atoms with van der Waals surface area (Å²) in [6.07, 6.45) is 2.43. The number of benzene rings is 1. The summed E-state index contributed by atoms with van der Waals surface area (Å²) in [6, 6.07) is 14.9. The van der Waals surface area contributed by atoms with Gasteiger partial charge < -0.3 is 9.32 Å². The fourth-order valence-electron chi connectivity index (χ4n) is 2.35. The first kappa shape index (κ1) is 15.8. The van der Waals surface area contributed by atoms with Gasteiger partial charge in [0.1, 0.15) is 5.76 Å². The van der Waals surface area contributed by atoms with Crippen LogP contribution in [0.5, 0.6) is 0 Å². The molecule has 0 radical (unpaired) electrons. The summed E-state index contributed by atoms with van der Waals surface area (Å²) in [5.41, 5.74) is 0.520. The van der Waals surface area contributed by atoms with Crippen LogP contribution in [-0.2, 0) is 13.0 Å². The lowest BCUT2D eigenvalue weighted by Crippen LogP contribution is -2.32. The van der Waals surface area contributed by atoms with Crippen molar-refractivity contribution >= 4 is 28.8 Å². The third kappa shape index (κ3) is 4.03. The minimum atomic E-state index is -0.0800. The van der Waals surface area contributed by atoms with Crippen molar-refractivity contribution in [2.24, 2.45) is 0 Å². The molecule has 0 saturated heterocycles. The molecule has 0 saturated carbocycles. The first-order valence-corrected chi connectivity index (χ1v) is 8.58. The number of furan rings is 1. The van der Waals surface area contributed by atoms with E-state index in [0.29, 0.717) is 23.7 Å². The number of nitrogens with zero attached hydrogens (tertiary/aromatic N) is 1. The summed E-state index contributed by atoms with van der Waals surface area (Å²) in [6.45, 7) is 1.05. The molecule has 23 heavy (non-hydrogen) atoms. The van der Waals surface area contributed by atoms with Crippen LogP contribution in [-0.4, -0.2) is 17.4 Å². The van der Waals surface area contributed by atoms with E-state index in [1.807, 2.05) is 35.7 Å². The fraction of sp³-hybridized carbons (Fsp3) is 0.167. The Morgan fingerprint density at radius 2 is 2.00 bits per heavy atom. The molecule has 0 atom stereocenters. The number of rotatable bonds is 6. The van der Waals surface area contributed by atoms with Gasteiger partial charge >= 0.3 is 0 Å². The Bertz CT molecular complexity index is 753. The van der Waals surface area contributed by atoms with Gasteiger partial charge in [0.15, 0.2) is 0 Å². The summed E-state index contributed by atoms with van der Waals surface area (Å²) in [5.74, 6) is 0.681. The number of hydrogen-bond donors (Lipinski definition) is 0. The van der Waals surface area contributed by atoms with Crippen molar-refractivity contribution in [1.29, 1.82) is 0 Å². The zero-order chi connectivity index (χ0) is 16.1. The highest BCUT2D eigenvalue weighted by Gasteiger charge is 2.19. The van der Waals surface area contributed by atoms with Gasteiger partial charge in [0.2, 0.25) is 0 Å². The average Bonchev–Trinajstić information content (AvgIpc) is 3.25. The van der Waals surface area contributed by atoms with Crippen molar-refractivity contribution in [2.45, 2.75) is 13.0 Å². The lowest BCUT2D eigenvalue weighted by molar-refractivity contribution is 0.0734. The SMILES string of the molecule is O=C(c1ccccc1Cl)N(CCc1cccs1)Cc1ccco1. The van der Waals surface area contributed by atoms with Gasteiger partial charge in [-0.2, -0.15) is 0 Å². The molecule has 0 spiro atoms. The van der Waals surface area contributed by atoms with Gasteiger partial charge in [-0.25, -0.2) is 0 Å². The van der Waals surface area contributed by atoms with E-state index in [2.05, 4.69) is 6.07 Å². The first-order valence-electron chi connectivity index (χ1n) is 7.32. The van der Waals surface area contributed by atoms with Crippen molar-refractivity contribution in [3.63, 3.8) is 0 Å². The van der Waals surface area contributed by atoms with Crippen molar-refractivity contribution in [2.75, 3.05) is 6.54 Å². The third-order valence-electron chi connectivity index (χ3n) is 3.53. The molecule has 0 unspecified atom stereocenters. The summed E-state index contributed by atoms with van der Waals surface area (Å²) >= 11 is 7.87. The number of hydrogen-bond acceptors (Lipinski definition) is 3. The predicted octanol–water partition coefficient (Wildman–Crippen LogP) is 4.88. The molecule has 1 aromatic carbocycles. The Morgan fingerprint density at radius 3 is 2.70 bits per heavy atom. The largest absolute Gasteiger partial charge is 0.467 e.